The number of aromatic hydroxyl groups is 2. The molecule has 3 aromatic carbocycles. The first-order chi connectivity index (χ1) is 16.2. The number of rotatable bonds is 5. The minimum absolute atomic E-state index is 0.0445. The Morgan fingerprint density at radius 2 is 1.65 bits per heavy atom. The van der Waals surface area contributed by atoms with Gasteiger partial charge in [0.1, 0.15) is 11.5 Å². The van der Waals surface area contributed by atoms with E-state index in [1.54, 1.807) is 38.4 Å². The van der Waals surface area contributed by atoms with E-state index in [1.807, 2.05) is 24.3 Å². The molecule has 3 aromatic rings. The summed E-state index contributed by atoms with van der Waals surface area (Å²) in [6.07, 6.45) is 1.49. The summed E-state index contributed by atoms with van der Waals surface area (Å²) in [4.78, 5) is 33.6. The summed E-state index contributed by atoms with van der Waals surface area (Å²) in [5, 5.41) is 20.1. The lowest BCUT2D eigenvalue weighted by atomic mass is 10.0. The molecule has 2 N–H and O–H groups in total. The predicted molar refractivity (Wildman–Crippen MR) is 133 cm³/mol. The number of benzene rings is 3. The van der Waals surface area contributed by atoms with Gasteiger partial charge in [0.2, 0.25) is 0 Å². The number of hydrogen-bond donors (Lipinski definition) is 2. The average molecular weight is 478 g/mol. The zero-order valence-corrected chi connectivity index (χ0v) is 19.6. The molecule has 0 bridgehead atoms. The molecular formula is C26H24ClN3O4. The lowest BCUT2D eigenvalue weighted by Crippen LogP contribution is -2.36. The summed E-state index contributed by atoms with van der Waals surface area (Å²) < 4.78 is 0. The second-order valence-electron chi connectivity index (χ2n) is 8.27. The van der Waals surface area contributed by atoms with Crippen LogP contribution in [0, 0.1) is 0 Å². The number of aliphatic imine (C=N–C) groups is 1. The van der Waals surface area contributed by atoms with Gasteiger partial charge < -0.3 is 20.0 Å². The van der Waals surface area contributed by atoms with Crippen molar-refractivity contribution < 1.29 is 19.8 Å². The lowest BCUT2D eigenvalue weighted by Gasteiger charge is -2.26. The maximum Gasteiger partial charge on any atom is 0.262 e. The Bertz CT molecular complexity index is 1290. The highest BCUT2D eigenvalue weighted by Crippen LogP contribution is 2.33. The van der Waals surface area contributed by atoms with Crippen LogP contribution in [0.15, 0.2) is 65.7 Å². The summed E-state index contributed by atoms with van der Waals surface area (Å²) in [5.74, 6) is -1.36. The number of amides is 2. The largest absolute Gasteiger partial charge is 0.507 e. The van der Waals surface area contributed by atoms with Crippen molar-refractivity contribution in [2.75, 3.05) is 25.5 Å². The number of carbonyl (C=O) groups excluding carboxylic acids is 2. The van der Waals surface area contributed by atoms with Gasteiger partial charge in [-0.15, -0.1) is 0 Å². The monoisotopic (exact) mass is 477 g/mol. The standard InChI is InChI=1S/C26H24ClN3O4/c1-29(2)25(33)17-8-11-19(12-9-17)30(26(34)20-13-21(27)24(32)14-23(20)31)15-18-10-7-16-5-3-4-6-22(16)28-18/h3-6,8-9,11-14,31-32H,7,10,15H2,1-2H3. The van der Waals surface area contributed by atoms with Crippen LogP contribution < -0.4 is 4.90 Å². The van der Waals surface area contributed by atoms with Gasteiger partial charge in [-0.3, -0.25) is 14.6 Å². The smallest absolute Gasteiger partial charge is 0.262 e. The van der Waals surface area contributed by atoms with Crippen molar-refractivity contribution in [2.24, 2.45) is 4.99 Å². The molecule has 0 unspecified atom stereocenters. The van der Waals surface area contributed by atoms with Gasteiger partial charge in [0.05, 0.1) is 22.8 Å². The Kier molecular flexibility index (Phi) is 6.56. The molecule has 0 fully saturated rings. The van der Waals surface area contributed by atoms with E-state index in [-0.39, 0.29) is 34.5 Å². The second kappa shape index (κ2) is 9.57. The number of para-hydroxylation sites is 1. The zero-order chi connectivity index (χ0) is 24.4. The van der Waals surface area contributed by atoms with Crippen molar-refractivity contribution in [2.45, 2.75) is 12.8 Å². The van der Waals surface area contributed by atoms with Crippen molar-refractivity contribution in [3.63, 3.8) is 0 Å². The first-order valence-electron chi connectivity index (χ1n) is 10.7. The van der Waals surface area contributed by atoms with Gasteiger partial charge in [0.15, 0.2) is 0 Å². The molecule has 0 radical (unpaired) electrons. The van der Waals surface area contributed by atoms with Gasteiger partial charge in [-0.2, -0.15) is 0 Å². The minimum atomic E-state index is -0.507. The summed E-state index contributed by atoms with van der Waals surface area (Å²) in [5.41, 5.74) is 3.81. The molecule has 4 rings (SSSR count). The number of anilines is 1. The Balaban J connectivity index is 1.72. The van der Waals surface area contributed by atoms with Gasteiger partial charge in [-0.05, 0) is 54.8 Å². The van der Waals surface area contributed by atoms with Crippen LogP contribution in [0.5, 0.6) is 11.5 Å². The van der Waals surface area contributed by atoms with Crippen LogP contribution >= 0.6 is 11.6 Å². The van der Waals surface area contributed by atoms with Crippen molar-refractivity contribution in [1.29, 1.82) is 0 Å². The number of aryl methyl sites for hydroxylation is 1. The molecule has 1 aliphatic rings. The second-order valence-corrected chi connectivity index (χ2v) is 8.67. The van der Waals surface area contributed by atoms with Crippen LogP contribution in [0.25, 0.3) is 0 Å². The maximum absolute atomic E-state index is 13.6. The SMILES string of the molecule is CN(C)C(=O)c1ccc(N(CC2=Nc3ccccc3CC2)C(=O)c2cc(Cl)c(O)cc2O)cc1. The number of halogens is 1. The number of hydrogen-bond acceptors (Lipinski definition) is 5. The topological polar surface area (TPSA) is 93.4 Å². The molecule has 2 amide bonds. The van der Waals surface area contributed by atoms with Crippen molar-refractivity contribution in [1.82, 2.24) is 4.90 Å². The molecule has 0 saturated heterocycles. The molecule has 0 aromatic heterocycles. The molecule has 174 valence electrons. The summed E-state index contributed by atoms with van der Waals surface area (Å²) in [7, 11) is 3.34. The van der Waals surface area contributed by atoms with Crippen LogP contribution in [-0.2, 0) is 6.42 Å². The zero-order valence-electron chi connectivity index (χ0n) is 18.8. The van der Waals surface area contributed by atoms with E-state index in [1.165, 1.54) is 15.9 Å². The van der Waals surface area contributed by atoms with E-state index in [0.29, 0.717) is 17.7 Å². The van der Waals surface area contributed by atoms with E-state index in [4.69, 9.17) is 16.6 Å². The predicted octanol–water partition coefficient (Wildman–Crippen LogP) is 4.82. The molecule has 8 heteroatoms. The molecule has 1 aliphatic heterocycles. The van der Waals surface area contributed by atoms with Crippen LogP contribution in [0.4, 0.5) is 11.4 Å². The minimum Gasteiger partial charge on any atom is -0.507 e. The molecular weight excluding hydrogens is 454 g/mol. The molecule has 0 atom stereocenters. The van der Waals surface area contributed by atoms with Crippen LogP contribution in [0.1, 0.15) is 32.7 Å². The summed E-state index contributed by atoms with van der Waals surface area (Å²) >= 11 is 6.02. The highest BCUT2D eigenvalue weighted by Gasteiger charge is 2.25. The lowest BCUT2D eigenvalue weighted by molar-refractivity contribution is 0.0827. The van der Waals surface area contributed by atoms with Crippen molar-refractivity contribution >= 4 is 40.5 Å². The number of nitrogens with zero attached hydrogens (tertiary/aromatic N) is 3. The molecule has 34 heavy (non-hydrogen) atoms. The van der Waals surface area contributed by atoms with E-state index >= 15 is 0 Å². The molecule has 1 heterocycles. The molecule has 0 saturated carbocycles. The third-order valence-electron chi connectivity index (χ3n) is 5.67. The van der Waals surface area contributed by atoms with E-state index in [2.05, 4.69) is 0 Å². The molecule has 0 spiro atoms. The van der Waals surface area contributed by atoms with Crippen molar-refractivity contribution in [3.8, 4) is 11.5 Å². The molecule has 7 nitrogen and oxygen atoms in total. The van der Waals surface area contributed by atoms with Gasteiger partial charge in [0.25, 0.3) is 11.8 Å². The van der Waals surface area contributed by atoms with Crippen LogP contribution in [0.3, 0.4) is 0 Å². The normalized spacial score (nSPS) is 12.5. The van der Waals surface area contributed by atoms with Gasteiger partial charge in [-0.25, -0.2) is 0 Å². The Morgan fingerprint density at radius 1 is 0.941 bits per heavy atom. The first-order valence-corrected chi connectivity index (χ1v) is 11.1. The highest BCUT2D eigenvalue weighted by atomic mass is 35.5. The van der Waals surface area contributed by atoms with Gasteiger partial charge in [0, 0.05) is 37.1 Å². The number of carbonyl (C=O) groups is 2. The number of phenolic OH excluding ortho intramolecular Hbond substituents is 2. The fourth-order valence-corrected chi connectivity index (χ4v) is 3.99. The average Bonchev–Trinajstić information content (AvgIpc) is 2.84. The quantitative estimate of drug-likeness (QED) is 0.551. The van der Waals surface area contributed by atoms with Crippen LogP contribution in [0.2, 0.25) is 5.02 Å². The number of phenols is 2. The van der Waals surface area contributed by atoms with E-state index in [0.717, 1.165) is 29.4 Å². The van der Waals surface area contributed by atoms with E-state index < -0.39 is 5.91 Å². The first kappa shape index (κ1) is 23.3. The third kappa shape index (κ3) is 4.75. The number of fused-ring (bicyclic) bond motifs is 1. The van der Waals surface area contributed by atoms with Crippen LogP contribution in [-0.4, -0.2) is 53.3 Å². The van der Waals surface area contributed by atoms with Gasteiger partial charge in [-0.1, -0.05) is 29.8 Å². The highest BCUT2D eigenvalue weighted by molar-refractivity contribution is 6.32. The summed E-state index contributed by atoms with van der Waals surface area (Å²) in [6.45, 7) is 0.187. The van der Waals surface area contributed by atoms with Crippen molar-refractivity contribution in [3.05, 3.63) is 82.4 Å². The third-order valence-corrected chi connectivity index (χ3v) is 5.97. The summed E-state index contributed by atoms with van der Waals surface area (Å²) in [6, 6.07) is 16.8. The fraction of sp³-hybridized carbons (Fsp3) is 0.192. The Morgan fingerprint density at radius 3 is 2.35 bits per heavy atom. The fourth-order valence-electron chi connectivity index (χ4n) is 3.82. The maximum atomic E-state index is 13.6. The molecule has 0 aliphatic carbocycles. The Labute approximate surface area is 202 Å². The van der Waals surface area contributed by atoms with Gasteiger partial charge >= 0.3 is 0 Å². The van der Waals surface area contributed by atoms with E-state index in [9.17, 15) is 19.8 Å². The Hall–Kier alpha value is -3.84.